The fourth-order valence-electron chi connectivity index (χ4n) is 3.65. The number of aromatic amines is 1. The van der Waals surface area contributed by atoms with E-state index in [2.05, 4.69) is 24.8 Å². The van der Waals surface area contributed by atoms with Crippen LogP contribution in [-0.2, 0) is 9.53 Å². The van der Waals surface area contributed by atoms with E-state index in [1.807, 2.05) is 61.7 Å². The van der Waals surface area contributed by atoms with Crippen LogP contribution in [0, 0.1) is 6.92 Å². The first kappa shape index (κ1) is 17.5. The minimum atomic E-state index is -0.400. The largest absolute Gasteiger partial charge is 0.402 e. The van der Waals surface area contributed by atoms with E-state index in [0.717, 1.165) is 54.3 Å². The summed E-state index contributed by atoms with van der Waals surface area (Å²) >= 11 is 0. The van der Waals surface area contributed by atoms with Crippen LogP contribution in [0.1, 0.15) is 11.1 Å². The molecule has 0 spiro atoms. The van der Waals surface area contributed by atoms with Crippen molar-refractivity contribution >= 4 is 28.8 Å². The van der Waals surface area contributed by atoms with Gasteiger partial charge in [-0.1, -0.05) is 30.3 Å². The molecule has 2 aliphatic rings. The molecule has 3 aromatic rings. The van der Waals surface area contributed by atoms with Crippen LogP contribution in [0.25, 0.3) is 11.0 Å². The minimum absolute atomic E-state index is 0.348. The molecular formula is C22H21N5O2. The average molecular weight is 387 g/mol. The summed E-state index contributed by atoms with van der Waals surface area (Å²) in [7, 11) is 0. The normalized spacial score (nSPS) is 18.4. The number of nitrogens with zero attached hydrogens (tertiary/aromatic N) is 4. The van der Waals surface area contributed by atoms with E-state index in [9.17, 15) is 4.79 Å². The second kappa shape index (κ2) is 7.09. The highest BCUT2D eigenvalue weighted by Crippen LogP contribution is 2.21. The molecule has 7 nitrogen and oxygen atoms in total. The Kier molecular flexibility index (Phi) is 4.27. The van der Waals surface area contributed by atoms with E-state index in [-0.39, 0.29) is 0 Å². The molecule has 2 aromatic carbocycles. The summed E-state index contributed by atoms with van der Waals surface area (Å²) in [6, 6.07) is 15.8. The third-order valence-electron chi connectivity index (χ3n) is 5.29. The molecule has 0 aliphatic carbocycles. The number of H-pyrrole nitrogens is 1. The van der Waals surface area contributed by atoms with Gasteiger partial charge in [0.25, 0.3) is 0 Å². The van der Waals surface area contributed by atoms with Gasteiger partial charge < -0.3 is 19.5 Å². The number of fused-ring (bicyclic) bond motifs is 1. The molecule has 0 unspecified atom stereocenters. The van der Waals surface area contributed by atoms with Gasteiger partial charge in [0.05, 0.1) is 11.0 Å². The Morgan fingerprint density at radius 1 is 1.03 bits per heavy atom. The number of para-hydroxylation sites is 2. The number of nitrogens with one attached hydrogen (secondary N) is 1. The first-order valence-electron chi connectivity index (χ1n) is 9.70. The smallest absolute Gasteiger partial charge is 0.365 e. The van der Waals surface area contributed by atoms with Crippen molar-refractivity contribution in [3.05, 3.63) is 71.6 Å². The first-order valence-corrected chi connectivity index (χ1v) is 9.70. The lowest BCUT2D eigenvalue weighted by molar-refractivity contribution is -0.130. The molecule has 1 N–H and O–H groups in total. The van der Waals surface area contributed by atoms with Crippen molar-refractivity contribution in [3.63, 3.8) is 0 Å². The first-order chi connectivity index (χ1) is 14.2. The molecule has 2 aliphatic heterocycles. The van der Waals surface area contributed by atoms with Crippen molar-refractivity contribution in [3.8, 4) is 0 Å². The zero-order valence-corrected chi connectivity index (χ0v) is 16.1. The Hall–Kier alpha value is -3.61. The van der Waals surface area contributed by atoms with Gasteiger partial charge in [0.2, 0.25) is 11.8 Å². The van der Waals surface area contributed by atoms with E-state index in [1.54, 1.807) is 0 Å². The number of rotatable bonds is 3. The third-order valence-corrected chi connectivity index (χ3v) is 5.29. The van der Waals surface area contributed by atoms with Crippen molar-refractivity contribution in [1.29, 1.82) is 0 Å². The number of imidazole rings is 1. The van der Waals surface area contributed by atoms with Crippen LogP contribution >= 0.6 is 0 Å². The lowest BCUT2D eigenvalue weighted by Crippen LogP contribution is -2.44. The van der Waals surface area contributed by atoms with Crippen molar-refractivity contribution < 1.29 is 9.53 Å². The molecule has 5 rings (SSSR count). The molecule has 0 amide bonds. The number of benzene rings is 2. The van der Waals surface area contributed by atoms with Gasteiger partial charge in [-0.25, -0.2) is 14.8 Å². The molecule has 29 heavy (non-hydrogen) atoms. The summed E-state index contributed by atoms with van der Waals surface area (Å²) < 4.78 is 5.40. The van der Waals surface area contributed by atoms with Crippen LogP contribution in [0.2, 0.25) is 0 Å². The third kappa shape index (κ3) is 3.35. The fourth-order valence-corrected chi connectivity index (χ4v) is 3.65. The van der Waals surface area contributed by atoms with Crippen LogP contribution < -0.4 is 4.90 Å². The highest BCUT2D eigenvalue weighted by atomic mass is 16.6. The predicted molar refractivity (Wildman–Crippen MR) is 112 cm³/mol. The van der Waals surface area contributed by atoms with Crippen LogP contribution in [0.5, 0.6) is 0 Å². The number of piperazine rings is 1. The summed E-state index contributed by atoms with van der Waals surface area (Å²) in [5.74, 6) is 0.863. The van der Waals surface area contributed by atoms with Crippen LogP contribution in [-0.4, -0.2) is 52.9 Å². The fraction of sp³-hybridized carbons (Fsp3) is 0.227. The van der Waals surface area contributed by atoms with Crippen molar-refractivity contribution in [1.82, 2.24) is 14.9 Å². The lowest BCUT2D eigenvalue weighted by Gasteiger charge is -2.33. The molecule has 3 heterocycles. The number of carbonyl (C=O) groups is 1. The second-order valence-electron chi connectivity index (χ2n) is 7.24. The SMILES string of the molecule is Cc1ccccc1C1=NC(=CN2CCN(c3nc4ccccc4[nH]3)CC2)C(=O)O1. The lowest BCUT2D eigenvalue weighted by atomic mass is 10.1. The van der Waals surface area contributed by atoms with Gasteiger partial charge in [0.1, 0.15) is 0 Å². The maximum atomic E-state index is 12.3. The van der Waals surface area contributed by atoms with Gasteiger partial charge in [-0.05, 0) is 30.7 Å². The van der Waals surface area contributed by atoms with E-state index in [4.69, 9.17) is 4.74 Å². The zero-order valence-electron chi connectivity index (χ0n) is 16.1. The predicted octanol–water partition coefficient (Wildman–Crippen LogP) is 2.84. The van der Waals surface area contributed by atoms with Gasteiger partial charge in [-0.3, -0.25) is 0 Å². The van der Waals surface area contributed by atoms with Gasteiger partial charge in [0.15, 0.2) is 5.70 Å². The second-order valence-corrected chi connectivity index (χ2v) is 7.24. The number of carbonyl (C=O) groups excluding carboxylic acids is 1. The molecule has 1 saturated heterocycles. The highest BCUT2D eigenvalue weighted by Gasteiger charge is 2.27. The zero-order chi connectivity index (χ0) is 19.8. The number of aromatic nitrogens is 2. The Morgan fingerprint density at radius 2 is 1.79 bits per heavy atom. The topological polar surface area (TPSA) is 73.8 Å². The molecule has 0 saturated carbocycles. The molecule has 7 heteroatoms. The van der Waals surface area contributed by atoms with Crippen molar-refractivity contribution in [2.75, 3.05) is 31.1 Å². The number of anilines is 1. The van der Waals surface area contributed by atoms with E-state index < -0.39 is 5.97 Å². The summed E-state index contributed by atoms with van der Waals surface area (Å²) in [5, 5.41) is 0. The maximum Gasteiger partial charge on any atom is 0.365 e. The number of hydrogen-bond acceptors (Lipinski definition) is 6. The van der Waals surface area contributed by atoms with Crippen LogP contribution in [0.15, 0.2) is 65.4 Å². The van der Waals surface area contributed by atoms with Crippen molar-refractivity contribution in [2.24, 2.45) is 4.99 Å². The Bertz CT molecular complexity index is 1110. The number of esters is 1. The summed E-state index contributed by atoms with van der Waals surface area (Å²) in [5.41, 5.74) is 4.23. The van der Waals surface area contributed by atoms with Crippen molar-refractivity contribution in [2.45, 2.75) is 6.92 Å². The maximum absolute atomic E-state index is 12.3. The van der Waals surface area contributed by atoms with E-state index in [1.165, 1.54) is 0 Å². The number of aliphatic imine (C=N–C) groups is 1. The Labute approximate surface area is 168 Å². The number of aryl methyl sites for hydroxylation is 1. The molecule has 0 bridgehead atoms. The molecule has 146 valence electrons. The molecule has 1 fully saturated rings. The molecule has 1 aromatic heterocycles. The molecule has 0 radical (unpaired) electrons. The quantitative estimate of drug-likeness (QED) is 0.553. The molecule has 0 atom stereocenters. The van der Waals surface area contributed by atoms with Gasteiger partial charge in [-0.2, -0.15) is 0 Å². The van der Waals surface area contributed by atoms with Gasteiger partial charge >= 0.3 is 5.97 Å². The number of ether oxygens (including phenoxy) is 1. The van der Waals surface area contributed by atoms with Gasteiger partial charge in [-0.15, -0.1) is 0 Å². The van der Waals surface area contributed by atoms with Crippen LogP contribution in [0.4, 0.5) is 5.95 Å². The minimum Gasteiger partial charge on any atom is -0.402 e. The average Bonchev–Trinajstić information content (AvgIpc) is 3.33. The molecular weight excluding hydrogens is 366 g/mol. The number of hydrogen-bond donors (Lipinski definition) is 1. The standard InChI is InChI=1S/C22H21N5O2/c1-15-6-2-3-7-16(15)20-23-19(21(28)29-20)14-26-10-12-27(13-11-26)22-24-17-8-4-5-9-18(17)25-22/h2-9,14H,10-13H2,1H3,(H,24,25). The highest BCUT2D eigenvalue weighted by molar-refractivity contribution is 6.11. The monoisotopic (exact) mass is 387 g/mol. The summed E-state index contributed by atoms with van der Waals surface area (Å²) in [6.07, 6.45) is 1.81. The van der Waals surface area contributed by atoms with E-state index in [0.29, 0.717) is 11.6 Å². The number of cyclic esters (lactones) is 1. The summed E-state index contributed by atoms with van der Waals surface area (Å²) in [6.45, 7) is 5.16. The summed E-state index contributed by atoms with van der Waals surface area (Å²) in [4.78, 5) is 29.1. The van der Waals surface area contributed by atoms with Gasteiger partial charge in [0, 0.05) is 37.9 Å². The van der Waals surface area contributed by atoms with Crippen LogP contribution in [0.3, 0.4) is 0 Å². The Balaban J connectivity index is 1.29. The Morgan fingerprint density at radius 3 is 2.59 bits per heavy atom. The van der Waals surface area contributed by atoms with E-state index >= 15 is 0 Å².